The van der Waals surface area contributed by atoms with Gasteiger partial charge in [0, 0.05) is 25.8 Å². The Morgan fingerprint density at radius 2 is 2.27 bits per heavy atom. The fourth-order valence-electron chi connectivity index (χ4n) is 1.98. The lowest BCUT2D eigenvalue weighted by Crippen LogP contribution is -2.22. The van der Waals surface area contributed by atoms with E-state index in [1.807, 2.05) is 0 Å². The van der Waals surface area contributed by atoms with E-state index in [4.69, 9.17) is 10.5 Å². The molecule has 1 aliphatic rings. The molecule has 1 unspecified atom stereocenters. The van der Waals surface area contributed by atoms with Gasteiger partial charge in [-0.2, -0.15) is 5.10 Å². The van der Waals surface area contributed by atoms with E-state index in [-0.39, 0.29) is 5.92 Å². The van der Waals surface area contributed by atoms with Crippen molar-refractivity contribution in [3.63, 3.8) is 0 Å². The monoisotopic (exact) mass is 211 g/mol. The fourth-order valence-corrected chi connectivity index (χ4v) is 1.98. The van der Waals surface area contributed by atoms with Gasteiger partial charge in [0.2, 0.25) is 0 Å². The molecule has 84 valence electrons. The van der Waals surface area contributed by atoms with Crippen molar-refractivity contribution in [2.45, 2.75) is 18.9 Å². The van der Waals surface area contributed by atoms with Gasteiger partial charge in [-0.05, 0) is 18.8 Å². The maximum absolute atomic E-state index is 10.2. The van der Waals surface area contributed by atoms with Gasteiger partial charge in [0.05, 0.1) is 12.3 Å². The number of aliphatic hydroxyl groups is 1. The predicted octanol–water partition coefficient (Wildman–Crippen LogP) is 0.462. The summed E-state index contributed by atoms with van der Waals surface area (Å²) in [6.07, 6.45) is 2.91. The molecular formula is C10H17N3O2. The van der Waals surface area contributed by atoms with E-state index in [0.29, 0.717) is 5.82 Å². The Labute approximate surface area is 88.8 Å². The lowest BCUT2D eigenvalue weighted by molar-refractivity contribution is 0.00744. The van der Waals surface area contributed by atoms with Crippen LogP contribution in [0.25, 0.3) is 0 Å². The lowest BCUT2D eigenvalue weighted by atomic mass is 9.90. The third-order valence-electron chi connectivity index (χ3n) is 3.05. The molecule has 1 fully saturated rings. The lowest BCUT2D eigenvalue weighted by Gasteiger charge is -2.26. The Balaban J connectivity index is 2.12. The zero-order chi connectivity index (χ0) is 10.8. The number of nitrogens with two attached hydrogens (primary N) is 1. The fraction of sp³-hybridized carbons (Fsp3) is 0.700. The summed E-state index contributed by atoms with van der Waals surface area (Å²) in [5, 5.41) is 14.2. The van der Waals surface area contributed by atoms with Crippen molar-refractivity contribution in [3.8, 4) is 0 Å². The largest absolute Gasteiger partial charge is 0.388 e. The molecule has 15 heavy (non-hydrogen) atoms. The quantitative estimate of drug-likeness (QED) is 0.745. The number of nitrogen functional groups attached to an aromatic ring is 1. The third kappa shape index (κ3) is 1.98. The number of hydrogen-bond donors (Lipinski definition) is 2. The van der Waals surface area contributed by atoms with Crippen molar-refractivity contribution >= 4 is 5.82 Å². The molecule has 1 aromatic rings. The Bertz CT molecular complexity index is 331. The molecule has 0 radical (unpaired) electrons. The summed E-state index contributed by atoms with van der Waals surface area (Å²) < 4.78 is 6.84. The summed E-state index contributed by atoms with van der Waals surface area (Å²) >= 11 is 0. The summed E-state index contributed by atoms with van der Waals surface area (Å²) in [5.74, 6) is 0.791. The normalized spacial score (nSPS) is 20.4. The molecule has 0 saturated carbocycles. The molecule has 1 atom stereocenters. The van der Waals surface area contributed by atoms with Crippen LogP contribution in [0.15, 0.2) is 6.20 Å². The Kier molecular flexibility index (Phi) is 2.93. The molecule has 2 rings (SSSR count). The van der Waals surface area contributed by atoms with Crippen LogP contribution < -0.4 is 5.73 Å². The van der Waals surface area contributed by atoms with E-state index in [9.17, 15) is 5.11 Å². The molecule has 5 nitrogen and oxygen atoms in total. The first kappa shape index (κ1) is 10.4. The van der Waals surface area contributed by atoms with Crippen molar-refractivity contribution in [1.82, 2.24) is 9.78 Å². The molecule has 1 saturated heterocycles. The number of aromatic nitrogens is 2. The average molecular weight is 211 g/mol. The smallest absolute Gasteiger partial charge is 0.127 e. The molecule has 3 N–H and O–H groups in total. The minimum Gasteiger partial charge on any atom is -0.388 e. The first-order valence-corrected chi connectivity index (χ1v) is 5.23. The molecule has 0 bridgehead atoms. The first-order chi connectivity index (χ1) is 7.20. The van der Waals surface area contributed by atoms with Gasteiger partial charge in [0.1, 0.15) is 5.82 Å². The van der Waals surface area contributed by atoms with Crippen LogP contribution in [-0.4, -0.2) is 28.1 Å². The second-order valence-corrected chi connectivity index (χ2v) is 4.00. The van der Waals surface area contributed by atoms with Crippen LogP contribution in [0.2, 0.25) is 0 Å². The van der Waals surface area contributed by atoms with Crippen LogP contribution in [-0.2, 0) is 11.8 Å². The maximum Gasteiger partial charge on any atom is 0.127 e. The highest BCUT2D eigenvalue weighted by molar-refractivity contribution is 5.40. The minimum absolute atomic E-state index is 0.241. The van der Waals surface area contributed by atoms with Gasteiger partial charge in [-0.15, -0.1) is 0 Å². The van der Waals surface area contributed by atoms with Crippen molar-refractivity contribution in [3.05, 3.63) is 11.8 Å². The van der Waals surface area contributed by atoms with Gasteiger partial charge in [-0.25, -0.2) is 0 Å². The Morgan fingerprint density at radius 1 is 1.60 bits per heavy atom. The van der Waals surface area contributed by atoms with Gasteiger partial charge in [-0.3, -0.25) is 4.68 Å². The number of rotatable bonds is 2. The van der Waals surface area contributed by atoms with Crippen LogP contribution in [0.3, 0.4) is 0 Å². The Morgan fingerprint density at radius 3 is 2.80 bits per heavy atom. The summed E-state index contributed by atoms with van der Waals surface area (Å²) in [6, 6.07) is 0. The van der Waals surface area contributed by atoms with Crippen molar-refractivity contribution in [1.29, 1.82) is 0 Å². The number of ether oxygens (including phenoxy) is 1. The van der Waals surface area contributed by atoms with Crippen molar-refractivity contribution < 1.29 is 9.84 Å². The summed E-state index contributed by atoms with van der Waals surface area (Å²) in [4.78, 5) is 0. The van der Waals surface area contributed by atoms with Crippen LogP contribution in [0.4, 0.5) is 5.82 Å². The highest BCUT2D eigenvalue weighted by atomic mass is 16.5. The topological polar surface area (TPSA) is 73.3 Å². The second-order valence-electron chi connectivity index (χ2n) is 4.00. The number of anilines is 1. The maximum atomic E-state index is 10.2. The zero-order valence-corrected chi connectivity index (χ0v) is 8.89. The SMILES string of the molecule is Cn1ncc(C(O)C2CCOCC2)c1N. The highest BCUT2D eigenvalue weighted by Crippen LogP contribution is 2.32. The average Bonchev–Trinajstić information content (AvgIpc) is 2.60. The van der Waals surface area contributed by atoms with E-state index in [2.05, 4.69) is 5.10 Å². The number of aliphatic hydroxyl groups excluding tert-OH is 1. The number of aryl methyl sites for hydroxylation is 1. The number of hydrogen-bond acceptors (Lipinski definition) is 4. The van der Waals surface area contributed by atoms with Crippen molar-refractivity contribution in [2.75, 3.05) is 18.9 Å². The molecule has 0 aliphatic carbocycles. The van der Waals surface area contributed by atoms with Gasteiger partial charge in [-0.1, -0.05) is 0 Å². The van der Waals surface area contributed by atoms with Crippen LogP contribution >= 0.6 is 0 Å². The van der Waals surface area contributed by atoms with Crippen LogP contribution in [0.5, 0.6) is 0 Å². The molecule has 5 heteroatoms. The Hall–Kier alpha value is -1.07. The van der Waals surface area contributed by atoms with Crippen molar-refractivity contribution in [2.24, 2.45) is 13.0 Å². The summed E-state index contributed by atoms with van der Waals surface area (Å²) in [7, 11) is 1.77. The van der Waals surface area contributed by atoms with E-state index in [0.717, 1.165) is 31.6 Å². The molecular weight excluding hydrogens is 194 g/mol. The summed E-state index contributed by atoms with van der Waals surface area (Å²) in [6.45, 7) is 1.45. The van der Waals surface area contributed by atoms with E-state index in [1.165, 1.54) is 0 Å². The van der Waals surface area contributed by atoms with Crippen LogP contribution in [0, 0.1) is 5.92 Å². The first-order valence-electron chi connectivity index (χ1n) is 5.23. The van der Waals surface area contributed by atoms with E-state index in [1.54, 1.807) is 17.9 Å². The predicted molar refractivity (Wildman–Crippen MR) is 56.1 cm³/mol. The molecule has 2 heterocycles. The molecule has 0 spiro atoms. The number of nitrogens with zero attached hydrogens (tertiary/aromatic N) is 2. The zero-order valence-electron chi connectivity index (χ0n) is 8.89. The highest BCUT2D eigenvalue weighted by Gasteiger charge is 2.26. The van der Waals surface area contributed by atoms with E-state index >= 15 is 0 Å². The minimum atomic E-state index is -0.511. The standard InChI is InChI=1S/C10H17N3O2/c1-13-10(11)8(6-12-13)9(14)7-2-4-15-5-3-7/h6-7,9,14H,2-5,11H2,1H3. The van der Waals surface area contributed by atoms with Gasteiger partial charge < -0.3 is 15.6 Å². The second kappa shape index (κ2) is 4.20. The molecule has 1 aromatic heterocycles. The summed E-state index contributed by atoms with van der Waals surface area (Å²) in [5.41, 5.74) is 6.56. The molecule has 0 amide bonds. The van der Waals surface area contributed by atoms with Gasteiger partial charge >= 0.3 is 0 Å². The third-order valence-corrected chi connectivity index (χ3v) is 3.05. The molecule has 0 aromatic carbocycles. The van der Waals surface area contributed by atoms with E-state index < -0.39 is 6.10 Å². The molecule has 1 aliphatic heterocycles. The van der Waals surface area contributed by atoms with Gasteiger partial charge in [0.15, 0.2) is 0 Å². The van der Waals surface area contributed by atoms with Crippen LogP contribution in [0.1, 0.15) is 24.5 Å². The van der Waals surface area contributed by atoms with Gasteiger partial charge in [0.25, 0.3) is 0 Å².